The molecule has 106 valence electrons. The Morgan fingerprint density at radius 3 is 2.95 bits per heavy atom. The smallest absolute Gasteiger partial charge is 0.152 e. The summed E-state index contributed by atoms with van der Waals surface area (Å²) in [6.45, 7) is 2.86. The lowest BCUT2D eigenvalue weighted by molar-refractivity contribution is 0.0172. The molecule has 20 heavy (non-hydrogen) atoms. The minimum absolute atomic E-state index is 0.0520. The van der Waals surface area contributed by atoms with E-state index in [1.807, 2.05) is 18.6 Å². The van der Waals surface area contributed by atoms with Crippen molar-refractivity contribution in [3.8, 4) is 10.7 Å². The SMILES string of the molecule is Cc1ncsc1-c1nccn1[C@H]1CO[C@H]2[C@@H]1OC[C@H]2O. The van der Waals surface area contributed by atoms with Gasteiger partial charge in [-0.3, -0.25) is 0 Å². The first-order valence-corrected chi connectivity index (χ1v) is 7.48. The first kappa shape index (κ1) is 12.5. The quantitative estimate of drug-likeness (QED) is 0.895. The second-order valence-corrected chi connectivity index (χ2v) is 6.01. The van der Waals surface area contributed by atoms with E-state index in [-0.39, 0.29) is 18.2 Å². The van der Waals surface area contributed by atoms with Crippen LogP contribution in [0, 0.1) is 6.92 Å². The summed E-state index contributed by atoms with van der Waals surface area (Å²) in [6, 6.07) is 0.0520. The van der Waals surface area contributed by atoms with Gasteiger partial charge < -0.3 is 19.1 Å². The number of imidazole rings is 1. The van der Waals surface area contributed by atoms with Gasteiger partial charge in [0.15, 0.2) is 5.82 Å². The van der Waals surface area contributed by atoms with Crippen LogP contribution in [0.4, 0.5) is 0 Å². The molecule has 2 aromatic rings. The number of aliphatic hydroxyl groups excluding tert-OH is 1. The zero-order chi connectivity index (χ0) is 13.7. The number of rotatable bonds is 2. The van der Waals surface area contributed by atoms with Crippen LogP contribution in [0.1, 0.15) is 11.7 Å². The van der Waals surface area contributed by atoms with Gasteiger partial charge in [-0.05, 0) is 6.92 Å². The molecule has 4 rings (SSSR count). The summed E-state index contributed by atoms with van der Waals surface area (Å²) in [5, 5.41) is 9.83. The van der Waals surface area contributed by atoms with E-state index in [1.165, 1.54) is 0 Å². The first-order valence-electron chi connectivity index (χ1n) is 6.60. The Labute approximate surface area is 120 Å². The number of aliphatic hydroxyl groups is 1. The summed E-state index contributed by atoms with van der Waals surface area (Å²) in [5.41, 5.74) is 2.80. The standard InChI is InChI=1S/C13H15N3O3S/c1-7-12(20-6-15-7)13-14-2-3-16(13)8-4-18-11-9(17)5-19-10(8)11/h2-3,6,8-11,17H,4-5H2,1H3/t8-,9+,10+,11+/m0/s1. The highest BCUT2D eigenvalue weighted by atomic mass is 32.1. The summed E-state index contributed by atoms with van der Waals surface area (Å²) in [6.07, 6.45) is 2.87. The maximum Gasteiger partial charge on any atom is 0.152 e. The van der Waals surface area contributed by atoms with Gasteiger partial charge in [0.05, 0.1) is 35.3 Å². The molecule has 4 heterocycles. The molecule has 4 atom stereocenters. The second-order valence-electron chi connectivity index (χ2n) is 5.16. The van der Waals surface area contributed by atoms with Gasteiger partial charge in [0.1, 0.15) is 18.3 Å². The molecule has 2 aliphatic heterocycles. The van der Waals surface area contributed by atoms with Crippen LogP contribution in [0.2, 0.25) is 0 Å². The van der Waals surface area contributed by atoms with Gasteiger partial charge in [0.2, 0.25) is 0 Å². The highest BCUT2D eigenvalue weighted by Crippen LogP contribution is 2.37. The molecule has 2 fully saturated rings. The van der Waals surface area contributed by atoms with Crippen molar-refractivity contribution in [2.24, 2.45) is 0 Å². The summed E-state index contributed by atoms with van der Waals surface area (Å²) < 4.78 is 13.5. The van der Waals surface area contributed by atoms with Gasteiger partial charge in [0.25, 0.3) is 0 Å². The third-order valence-corrected chi connectivity index (χ3v) is 4.90. The van der Waals surface area contributed by atoms with Crippen molar-refractivity contribution in [2.75, 3.05) is 13.2 Å². The average Bonchev–Trinajstić information content (AvgIpc) is 3.15. The lowest BCUT2D eigenvalue weighted by Gasteiger charge is -2.19. The summed E-state index contributed by atoms with van der Waals surface area (Å²) in [4.78, 5) is 9.81. The third kappa shape index (κ3) is 1.74. The van der Waals surface area contributed by atoms with E-state index < -0.39 is 6.10 Å². The van der Waals surface area contributed by atoms with Gasteiger partial charge in [-0.15, -0.1) is 11.3 Å². The van der Waals surface area contributed by atoms with Crippen LogP contribution in [0.3, 0.4) is 0 Å². The summed E-state index contributed by atoms with van der Waals surface area (Å²) in [7, 11) is 0. The van der Waals surface area contributed by atoms with Crippen LogP contribution in [-0.4, -0.2) is 51.2 Å². The predicted molar refractivity (Wildman–Crippen MR) is 72.6 cm³/mol. The number of hydrogen-bond acceptors (Lipinski definition) is 6. The number of hydrogen-bond donors (Lipinski definition) is 1. The molecular formula is C13H15N3O3S. The fourth-order valence-corrected chi connectivity index (χ4v) is 3.77. The molecule has 7 heteroatoms. The Hall–Kier alpha value is -1.28. The first-order chi connectivity index (χ1) is 9.75. The van der Waals surface area contributed by atoms with Gasteiger partial charge in [-0.1, -0.05) is 0 Å². The summed E-state index contributed by atoms with van der Waals surface area (Å²) >= 11 is 1.58. The highest BCUT2D eigenvalue weighted by Gasteiger charge is 2.48. The molecule has 0 bridgehead atoms. The molecule has 2 saturated heterocycles. The number of aromatic nitrogens is 3. The van der Waals surface area contributed by atoms with E-state index in [9.17, 15) is 5.11 Å². The maximum absolute atomic E-state index is 9.83. The van der Waals surface area contributed by atoms with E-state index in [0.717, 1.165) is 16.4 Å². The molecule has 0 amide bonds. The maximum atomic E-state index is 9.83. The molecule has 0 radical (unpaired) electrons. The lowest BCUT2D eigenvalue weighted by Crippen LogP contribution is -2.30. The number of thiazole rings is 1. The van der Waals surface area contributed by atoms with Crippen LogP contribution in [-0.2, 0) is 9.47 Å². The monoisotopic (exact) mass is 293 g/mol. The van der Waals surface area contributed by atoms with Crippen LogP contribution >= 0.6 is 11.3 Å². The Balaban J connectivity index is 1.71. The largest absolute Gasteiger partial charge is 0.388 e. The van der Waals surface area contributed by atoms with Crippen molar-refractivity contribution in [3.05, 3.63) is 23.6 Å². The molecule has 1 N–H and O–H groups in total. The van der Waals surface area contributed by atoms with Gasteiger partial charge in [-0.2, -0.15) is 0 Å². The van der Waals surface area contributed by atoms with Gasteiger partial charge in [-0.25, -0.2) is 9.97 Å². The van der Waals surface area contributed by atoms with Crippen LogP contribution in [0.15, 0.2) is 17.9 Å². The molecular weight excluding hydrogens is 278 g/mol. The fraction of sp³-hybridized carbons (Fsp3) is 0.538. The van der Waals surface area contributed by atoms with E-state index in [0.29, 0.717) is 13.2 Å². The van der Waals surface area contributed by atoms with E-state index in [4.69, 9.17) is 9.47 Å². The van der Waals surface area contributed by atoms with Crippen LogP contribution < -0.4 is 0 Å². The van der Waals surface area contributed by atoms with Crippen molar-refractivity contribution in [2.45, 2.75) is 31.3 Å². The molecule has 0 spiro atoms. The molecule has 0 unspecified atom stereocenters. The van der Waals surface area contributed by atoms with Crippen LogP contribution in [0.5, 0.6) is 0 Å². The normalized spacial score (nSPS) is 32.7. The van der Waals surface area contributed by atoms with Gasteiger partial charge in [0, 0.05) is 12.4 Å². The molecule has 2 aromatic heterocycles. The number of ether oxygens (including phenoxy) is 2. The van der Waals surface area contributed by atoms with Crippen molar-refractivity contribution in [3.63, 3.8) is 0 Å². The number of nitrogens with zero attached hydrogens (tertiary/aromatic N) is 3. The molecule has 0 aromatic carbocycles. The third-order valence-electron chi connectivity index (χ3n) is 3.98. The molecule has 6 nitrogen and oxygen atoms in total. The molecule has 2 aliphatic rings. The predicted octanol–water partition coefficient (Wildman–Crippen LogP) is 1.01. The van der Waals surface area contributed by atoms with Crippen molar-refractivity contribution < 1.29 is 14.6 Å². The minimum Gasteiger partial charge on any atom is -0.388 e. The zero-order valence-corrected chi connectivity index (χ0v) is 11.8. The Bertz CT molecular complexity index is 626. The minimum atomic E-state index is -0.526. The van der Waals surface area contributed by atoms with Crippen molar-refractivity contribution in [1.82, 2.24) is 14.5 Å². The molecule has 0 aliphatic carbocycles. The Morgan fingerprint density at radius 2 is 2.15 bits per heavy atom. The highest BCUT2D eigenvalue weighted by molar-refractivity contribution is 7.13. The number of aryl methyl sites for hydroxylation is 1. The fourth-order valence-electron chi connectivity index (χ4n) is 2.97. The Kier molecular flexibility index (Phi) is 2.88. The van der Waals surface area contributed by atoms with Crippen molar-refractivity contribution in [1.29, 1.82) is 0 Å². The topological polar surface area (TPSA) is 69.4 Å². The molecule has 0 saturated carbocycles. The van der Waals surface area contributed by atoms with Crippen molar-refractivity contribution >= 4 is 11.3 Å². The lowest BCUT2D eigenvalue weighted by atomic mass is 10.1. The van der Waals surface area contributed by atoms with E-state index in [1.54, 1.807) is 17.5 Å². The average molecular weight is 293 g/mol. The Morgan fingerprint density at radius 1 is 1.30 bits per heavy atom. The van der Waals surface area contributed by atoms with E-state index >= 15 is 0 Å². The van der Waals surface area contributed by atoms with Crippen LogP contribution in [0.25, 0.3) is 10.7 Å². The van der Waals surface area contributed by atoms with E-state index in [2.05, 4.69) is 14.5 Å². The van der Waals surface area contributed by atoms with Gasteiger partial charge >= 0.3 is 0 Å². The second kappa shape index (κ2) is 4.63. The zero-order valence-electron chi connectivity index (χ0n) is 11.0. The summed E-state index contributed by atoms with van der Waals surface area (Å²) in [5.74, 6) is 0.893. The number of fused-ring (bicyclic) bond motifs is 1.